The third kappa shape index (κ3) is 6.37. The van der Waals surface area contributed by atoms with Crippen LogP contribution in [0.4, 0.5) is 17.6 Å². The first-order chi connectivity index (χ1) is 13.9. The smallest absolute Gasteiger partial charge is 0.232 e. The lowest BCUT2D eigenvalue weighted by molar-refractivity contribution is -0.108. The molecule has 0 unspecified atom stereocenters. The number of hydrogen-bond donors (Lipinski definition) is 2. The van der Waals surface area contributed by atoms with Gasteiger partial charge in [0.2, 0.25) is 11.9 Å². The van der Waals surface area contributed by atoms with Crippen LogP contribution in [0.2, 0.25) is 0 Å². The van der Waals surface area contributed by atoms with Crippen molar-refractivity contribution in [2.24, 2.45) is 5.92 Å². The zero-order valence-electron chi connectivity index (χ0n) is 18.1. The molecular weight excluding hydrogens is 364 g/mol. The van der Waals surface area contributed by atoms with E-state index in [1.165, 1.54) is 18.4 Å². The SMILES string of the molecule is CCCC[C@@H]1CN(Cc2nc(N)nc(Nc3cccc(C)c3)n2)C[C@H](C(C)C)O1. The molecule has 0 spiro atoms. The molecule has 7 nitrogen and oxygen atoms in total. The van der Waals surface area contributed by atoms with Crippen LogP contribution in [-0.4, -0.2) is 45.1 Å². The molecule has 1 aliphatic heterocycles. The summed E-state index contributed by atoms with van der Waals surface area (Å²) in [6.45, 7) is 11.1. The van der Waals surface area contributed by atoms with Crippen LogP contribution in [0.1, 0.15) is 51.4 Å². The molecule has 1 saturated heterocycles. The molecule has 2 heterocycles. The van der Waals surface area contributed by atoms with Crippen LogP contribution in [0.3, 0.4) is 0 Å². The quantitative estimate of drug-likeness (QED) is 0.696. The maximum Gasteiger partial charge on any atom is 0.232 e. The molecule has 0 aliphatic carbocycles. The first-order valence-corrected chi connectivity index (χ1v) is 10.6. The number of ether oxygens (including phenoxy) is 1. The molecule has 29 heavy (non-hydrogen) atoms. The number of aryl methyl sites for hydroxylation is 1. The van der Waals surface area contributed by atoms with E-state index in [0.29, 0.717) is 24.2 Å². The van der Waals surface area contributed by atoms with Crippen LogP contribution >= 0.6 is 0 Å². The van der Waals surface area contributed by atoms with Crippen LogP contribution in [0.15, 0.2) is 24.3 Å². The summed E-state index contributed by atoms with van der Waals surface area (Å²) < 4.78 is 6.32. The first-order valence-electron chi connectivity index (χ1n) is 10.6. The number of hydrogen-bond acceptors (Lipinski definition) is 7. The van der Waals surface area contributed by atoms with Crippen molar-refractivity contribution in [1.29, 1.82) is 0 Å². The van der Waals surface area contributed by atoms with Crippen molar-refractivity contribution in [1.82, 2.24) is 19.9 Å². The Morgan fingerprint density at radius 3 is 2.79 bits per heavy atom. The second-order valence-electron chi connectivity index (χ2n) is 8.30. The van der Waals surface area contributed by atoms with Gasteiger partial charge in [0.25, 0.3) is 0 Å². The second kappa shape index (κ2) is 9.98. The van der Waals surface area contributed by atoms with Crippen LogP contribution in [-0.2, 0) is 11.3 Å². The maximum absolute atomic E-state index is 6.32. The topological polar surface area (TPSA) is 89.2 Å². The van der Waals surface area contributed by atoms with Gasteiger partial charge in [0.1, 0.15) is 5.82 Å². The molecule has 3 rings (SSSR count). The Balaban J connectivity index is 1.71. The van der Waals surface area contributed by atoms with Crippen molar-refractivity contribution in [2.45, 2.75) is 65.7 Å². The van der Waals surface area contributed by atoms with Gasteiger partial charge in [-0.3, -0.25) is 4.90 Å². The van der Waals surface area contributed by atoms with E-state index in [1.54, 1.807) is 0 Å². The zero-order chi connectivity index (χ0) is 20.8. The van der Waals surface area contributed by atoms with E-state index in [0.717, 1.165) is 25.2 Å². The van der Waals surface area contributed by atoms with Crippen LogP contribution in [0.5, 0.6) is 0 Å². The fourth-order valence-electron chi connectivity index (χ4n) is 3.65. The van der Waals surface area contributed by atoms with Gasteiger partial charge in [-0.15, -0.1) is 0 Å². The fraction of sp³-hybridized carbons (Fsp3) is 0.591. The number of nitrogen functional groups attached to an aromatic ring is 1. The van der Waals surface area contributed by atoms with Gasteiger partial charge in [-0.2, -0.15) is 15.0 Å². The molecule has 1 fully saturated rings. The fourth-order valence-corrected chi connectivity index (χ4v) is 3.65. The minimum Gasteiger partial charge on any atom is -0.372 e. The molecule has 158 valence electrons. The summed E-state index contributed by atoms with van der Waals surface area (Å²) in [7, 11) is 0. The lowest BCUT2D eigenvalue weighted by Crippen LogP contribution is -2.49. The van der Waals surface area contributed by atoms with Crippen molar-refractivity contribution < 1.29 is 4.74 Å². The number of anilines is 3. The molecule has 1 aromatic heterocycles. The molecular formula is C22H34N6O. The summed E-state index contributed by atoms with van der Waals surface area (Å²) in [6, 6.07) is 8.09. The van der Waals surface area contributed by atoms with Gasteiger partial charge in [-0.1, -0.05) is 45.7 Å². The Kier molecular flexibility index (Phi) is 7.39. The molecule has 0 radical (unpaired) electrons. The summed E-state index contributed by atoms with van der Waals surface area (Å²) in [5, 5.41) is 3.24. The lowest BCUT2D eigenvalue weighted by Gasteiger charge is -2.39. The zero-order valence-corrected chi connectivity index (χ0v) is 18.1. The van der Waals surface area contributed by atoms with Crippen molar-refractivity contribution in [3.05, 3.63) is 35.7 Å². The monoisotopic (exact) mass is 398 g/mol. The molecule has 0 saturated carbocycles. The van der Waals surface area contributed by atoms with Crippen molar-refractivity contribution in [3.8, 4) is 0 Å². The molecule has 7 heteroatoms. The van der Waals surface area contributed by atoms with Gasteiger partial charge < -0.3 is 15.8 Å². The van der Waals surface area contributed by atoms with Crippen LogP contribution in [0, 0.1) is 12.8 Å². The minimum atomic E-state index is 0.231. The van der Waals surface area contributed by atoms with Gasteiger partial charge in [0, 0.05) is 18.8 Å². The standard InChI is InChI=1S/C22H34N6O/c1-5-6-10-18-12-28(13-19(29-18)15(2)3)14-20-25-21(23)27-22(26-20)24-17-9-7-8-16(4)11-17/h7-9,11,15,18-19H,5-6,10,12-14H2,1-4H3,(H3,23,24,25,26,27)/t18-,19-/m1/s1. The molecule has 2 aromatic rings. The molecule has 3 N–H and O–H groups in total. The number of unbranched alkanes of at least 4 members (excludes halogenated alkanes) is 1. The second-order valence-corrected chi connectivity index (χ2v) is 8.30. The highest BCUT2D eigenvalue weighted by Crippen LogP contribution is 2.22. The van der Waals surface area contributed by atoms with Crippen molar-refractivity contribution in [2.75, 3.05) is 24.1 Å². The third-order valence-electron chi connectivity index (χ3n) is 5.23. The largest absolute Gasteiger partial charge is 0.372 e. The summed E-state index contributed by atoms with van der Waals surface area (Å²) in [6.07, 6.45) is 3.96. The minimum absolute atomic E-state index is 0.231. The van der Waals surface area contributed by atoms with Crippen molar-refractivity contribution >= 4 is 17.6 Å². The molecule has 2 atom stereocenters. The number of nitrogens with one attached hydrogen (secondary N) is 1. The van der Waals surface area contributed by atoms with Gasteiger partial charge in [-0.05, 0) is 37.0 Å². The number of nitrogens with two attached hydrogens (primary N) is 1. The number of aromatic nitrogens is 3. The highest BCUT2D eigenvalue weighted by molar-refractivity contribution is 5.54. The third-order valence-corrected chi connectivity index (χ3v) is 5.23. The predicted molar refractivity (Wildman–Crippen MR) is 117 cm³/mol. The average molecular weight is 399 g/mol. The Morgan fingerprint density at radius 1 is 1.24 bits per heavy atom. The normalized spacial score (nSPS) is 20.2. The van der Waals surface area contributed by atoms with Crippen molar-refractivity contribution in [3.63, 3.8) is 0 Å². The summed E-state index contributed by atoms with van der Waals surface area (Å²) in [5.74, 6) is 1.88. The lowest BCUT2D eigenvalue weighted by atomic mass is 10.0. The van der Waals surface area contributed by atoms with E-state index in [2.05, 4.69) is 58.9 Å². The van der Waals surface area contributed by atoms with Gasteiger partial charge >= 0.3 is 0 Å². The molecule has 1 aliphatic rings. The number of rotatable bonds is 8. The maximum atomic E-state index is 6.32. The van der Waals surface area contributed by atoms with E-state index in [-0.39, 0.29) is 18.2 Å². The molecule has 1 aromatic carbocycles. The summed E-state index contributed by atoms with van der Waals surface area (Å²) in [4.78, 5) is 15.6. The van der Waals surface area contributed by atoms with E-state index in [4.69, 9.17) is 10.5 Å². The highest BCUT2D eigenvalue weighted by Gasteiger charge is 2.29. The Labute approximate surface area is 174 Å². The van der Waals surface area contributed by atoms with E-state index < -0.39 is 0 Å². The number of nitrogens with zero attached hydrogens (tertiary/aromatic N) is 4. The Bertz CT molecular complexity index is 797. The molecule has 0 bridgehead atoms. The van der Waals surface area contributed by atoms with Crippen LogP contribution in [0.25, 0.3) is 0 Å². The number of benzene rings is 1. The first kappa shape index (κ1) is 21.5. The van der Waals surface area contributed by atoms with E-state index >= 15 is 0 Å². The van der Waals surface area contributed by atoms with Gasteiger partial charge in [0.05, 0.1) is 18.8 Å². The predicted octanol–water partition coefficient (Wildman–Crippen LogP) is 3.92. The summed E-state index contributed by atoms with van der Waals surface area (Å²) in [5.41, 5.74) is 8.08. The number of morpholine rings is 1. The van der Waals surface area contributed by atoms with Gasteiger partial charge in [0.15, 0.2) is 0 Å². The van der Waals surface area contributed by atoms with E-state index in [9.17, 15) is 0 Å². The Morgan fingerprint density at radius 2 is 2.07 bits per heavy atom. The average Bonchev–Trinajstić information content (AvgIpc) is 2.65. The van der Waals surface area contributed by atoms with Gasteiger partial charge in [-0.25, -0.2) is 0 Å². The molecule has 0 amide bonds. The highest BCUT2D eigenvalue weighted by atomic mass is 16.5. The van der Waals surface area contributed by atoms with E-state index in [1.807, 2.05) is 18.2 Å². The Hall–Kier alpha value is -2.25. The summed E-state index contributed by atoms with van der Waals surface area (Å²) >= 11 is 0. The van der Waals surface area contributed by atoms with Crippen LogP contribution < -0.4 is 11.1 Å².